The third-order valence-electron chi connectivity index (χ3n) is 1.44. The van der Waals surface area contributed by atoms with Gasteiger partial charge >= 0.3 is 12.1 Å². The summed E-state index contributed by atoms with van der Waals surface area (Å²) in [5, 5.41) is 10.9. The molecule has 0 rings (SSSR count). The molecule has 0 aliphatic rings. The van der Waals surface area contributed by atoms with Crippen molar-refractivity contribution < 1.29 is 19.4 Å². The van der Waals surface area contributed by atoms with Gasteiger partial charge in [0.15, 0.2) is 0 Å². The summed E-state index contributed by atoms with van der Waals surface area (Å²) in [5.74, 6) is -1.08. The molecular formula is C9H18N2O4. The first kappa shape index (κ1) is 13.7. The summed E-state index contributed by atoms with van der Waals surface area (Å²) < 4.78 is 4.94. The van der Waals surface area contributed by atoms with Crippen molar-refractivity contribution in [2.45, 2.75) is 38.8 Å². The molecule has 0 spiro atoms. The topological polar surface area (TPSA) is 102 Å². The third-order valence-corrected chi connectivity index (χ3v) is 1.44. The van der Waals surface area contributed by atoms with Crippen LogP contribution in [0.5, 0.6) is 0 Å². The molecule has 0 fully saturated rings. The van der Waals surface area contributed by atoms with Gasteiger partial charge in [-0.3, -0.25) is 4.79 Å². The van der Waals surface area contributed by atoms with Gasteiger partial charge in [0.1, 0.15) is 11.6 Å². The summed E-state index contributed by atoms with van der Waals surface area (Å²) in [7, 11) is 0. The number of hydrogen-bond donors (Lipinski definition) is 3. The van der Waals surface area contributed by atoms with Crippen molar-refractivity contribution >= 4 is 12.1 Å². The molecule has 0 aromatic carbocycles. The van der Waals surface area contributed by atoms with E-state index in [0.29, 0.717) is 0 Å². The number of alkyl carbamates (subject to hydrolysis) is 1. The molecule has 6 nitrogen and oxygen atoms in total. The monoisotopic (exact) mass is 218 g/mol. The molecule has 0 aliphatic carbocycles. The Morgan fingerprint density at radius 2 is 2.00 bits per heavy atom. The molecule has 0 heterocycles. The predicted molar refractivity (Wildman–Crippen MR) is 54.5 cm³/mol. The molecule has 0 aliphatic heterocycles. The van der Waals surface area contributed by atoms with Crippen LogP contribution in [0, 0.1) is 0 Å². The first-order chi connectivity index (χ1) is 6.72. The van der Waals surface area contributed by atoms with Crippen LogP contribution < -0.4 is 11.1 Å². The Balaban J connectivity index is 3.69. The van der Waals surface area contributed by atoms with E-state index in [9.17, 15) is 9.59 Å². The highest BCUT2D eigenvalue weighted by Crippen LogP contribution is 2.06. The lowest BCUT2D eigenvalue weighted by Gasteiger charge is -2.19. The minimum absolute atomic E-state index is 0.175. The molecule has 1 amide bonds. The second-order valence-corrected chi connectivity index (χ2v) is 4.16. The van der Waals surface area contributed by atoms with Gasteiger partial charge in [-0.2, -0.15) is 0 Å². The van der Waals surface area contributed by atoms with Crippen molar-refractivity contribution in [3.05, 3.63) is 0 Å². The fourth-order valence-electron chi connectivity index (χ4n) is 0.767. The Kier molecular flexibility index (Phi) is 5.07. The summed E-state index contributed by atoms with van der Waals surface area (Å²) in [6, 6.07) is -0.958. The summed E-state index contributed by atoms with van der Waals surface area (Å²) in [5.41, 5.74) is 4.68. The largest absolute Gasteiger partial charge is 0.480 e. The fraction of sp³-hybridized carbons (Fsp3) is 0.778. The molecule has 0 saturated heterocycles. The van der Waals surface area contributed by atoms with Gasteiger partial charge in [0.05, 0.1) is 0 Å². The zero-order valence-corrected chi connectivity index (χ0v) is 9.24. The predicted octanol–water partition coefficient (Wildman–Crippen LogP) is 0.313. The molecular weight excluding hydrogens is 200 g/mol. The molecule has 0 bridgehead atoms. The maximum Gasteiger partial charge on any atom is 0.407 e. The molecule has 6 heteroatoms. The molecule has 0 radical (unpaired) electrons. The fourth-order valence-corrected chi connectivity index (χ4v) is 0.767. The number of ether oxygens (including phenoxy) is 1. The Labute approximate surface area is 88.8 Å². The lowest BCUT2D eigenvalue weighted by atomic mass is 10.2. The second kappa shape index (κ2) is 5.55. The van der Waals surface area contributed by atoms with E-state index in [2.05, 4.69) is 5.32 Å². The SMILES string of the molecule is CC(C)(C)OC(=O)NCC[C@H](N)C(=O)O. The van der Waals surface area contributed by atoms with Crippen molar-refractivity contribution in [3.63, 3.8) is 0 Å². The van der Waals surface area contributed by atoms with Gasteiger partial charge in [-0.25, -0.2) is 4.79 Å². The van der Waals surface area contributed by atoms with Crippen molar-refractivity contribution in [2.75, 3.05) is 6.54 Å². The van der Waals surface area contributed by atoms with Gasteiger partial charge in [-0.05, 0) is 27.2 Å². The number of rotatable bonds is 4. The maximum absolute atomic E-state index is 11.1. The van der Waals surface area contributed by atoms with Gasteiger partial charge in [-0.1, -0.05) is 0 Å². The average molecular weight is 218 g/mol. The van der Waals surface area contributed by atoms with Crippen molar-refractivity contribution in [1.29, 1.82) is 0 Å². The molecule has 0 saturated carbocycles. The summed E-state index contributed by atoms with van der Waals surface area (Å²) in [6.45, 7) is 5.42. The van der Waals surface area contributed by atoms with E-state index < -0.39 is 23.7 Å². The van der Waals surface area contributed by atoms with Crippen LogP contribution in [0.25, 0.3) is 0 Å². The highest BCUT2D eigenvalue weighted by Gasteiger charge is 2.16. The number of carboxylic acid groups (broad SMARTS) is 1. The minimum Gasteiger partial charge on any atom is -0.480 e. The van der Waals surface area contributed by atoms with Crippen LogP contribution in [-0.2, 0) is 9.53 Å². The van der Waals surface area contributed by atoms with Gasteiger partial charge in [0, 0.05) is 6.54 Å². The average Bonchev–Trinajstić information content (AvgIpc) is 2.00. The van der Waals surface area contributed by atoms with E-state index in [0.717, 1.165) is 0 Å². The van der Waals surface area contributed by atoms with Crippen molar-refractivity contribution in [3.8, 4) is 0 Å². The smallest absolute Gasteiger partial charge is 0.407 e. The molecule has 0 unspecified atom stereocenters. The van der Waals surface area contributed by atoms with Crippen LogP contribution in [-0.4, -0.2) is 35.4 Å². The van der Waals surface area contributed by atoms with E-state index in [1.54, 1.807) is 20.8 Å². The number of nitrogens with one attached hydrogen (secondary N) is 1. The van der Waals surface area contributed by atoms with E-state index >= 15 is 0 Å². The first-order valence-corrected chi connectivity index (χ1v) is 4.67. The van der Waals surface area contributed by atoms with Gasteiger partial charge < -0.3 is 20.9 Å². The van der Waals surface area contributed by atoms with E-state index in [4.69, 9.17) is 15.6 Å². The summed E-state index contributed by atoms with van der Waals surface area (Å²) in [6.07, 6.45) is -0.394. The highest BCUT2D eigenvalue weighted by molar-refractivity contribution is 5.73. The molecule has 0 aromatic rings. The molecule has 0 aromatic heterocycles. The number of amides is 1. The van der Waals surface area contributed by atoms with Gasteiger partial charge in [0.2, 0.25) is 0 Å². The van der Waals surface area contributed by atoms with Crippen LogP contribution in [0.3, 0.4) is 0 Å². The zero-order valence-electron chi connectivity index (χ0n) is 9.24. The molecule has 1 atom stereocenters. The van der Waals surface area contributed by atoms with Crippen molar-refractivity contribution in [2.24, 2.45) is 5.73 Å². The number of carboxylic acids is 1. The number of carbonyl (C=O) groups excluding carboxylic acids is 1. The molecule has 88 valence electrons. The van der Waals surface area contributed by atoms with Gasteiger partial charge in [0.25, 0.3) is 0 Å². The molecule has 4 N–H and O–H groups in total. The van der Waals surface area contributed by atoms with Gasteiger partial charge in [-0.15, -0.1) is 0 Å². The standard InChI is InChI=1S/C9H18N2O4/c1-9(2,3)15-8(14)11-5-4-6(10)7(12)13/h6H,4-5,10H2,1-3H3,(H,11,14)(H,12,13)/t6-/m0/s1. The highest BCUT2D eigenvalue weighted by atomic mass is 16.6. The van der Waals surface area contributed by atoms with E-state index in [1.165, 1.54) is 0 Å². The minimum atomic E-state index is -1.08. The quantitative estimate of drug-likeness (QED) is 0.630. The normalized spacial score (nSPS) is 13.1. The lowest BCUT2D eigenvalue weighted by Crippen LogP contribution is -2.37. The zero-order chi connectivity index (χ0) is 12.1. The maximum atomic E-state index is 11.1. The Morgan fingerprint density at radius 3 is 2.40 bits per heavy atom. The van der Waals surface area contributed by atoms with Crippen LogP contribution >= 0.6 is 0 Å². The summed E-state index contributed by atoms with van der Waals surface area (Å²) in [4.78, 5) is 21.4. The number of aliphatic carboxylic acids is 1. The molecule has 15 heavy (non-hydrogen) atoms. The first-order valence-electron chi connectivity index (χ1n) is 4.67. The Morgan fingerprint density at radius 1 is 1.47 bits per heavy atom. The summed E-state index contributed by atoms with van der Waals surface area (Å²) >= 11 is 0. The van der Waals surface area contributed by atoms with E-state index in [-0.39, 0.29) is 13.0 Å². The van der Waals surface area contributed by atoms with E-state index in [1.807, 2.05) is 0 Å². The Bertz CT molecular complexity index is 235. The second-order valence-electron chi connectivity index (χ2n) is 4.16. The lowest BCUT2D eigenvalue weighted by molar-refractivity contribution is -0.138. The van der Waals surface area contributed by atoms with Crippen LogP contribution in [0.15, 0.2) is 0 Å². The number of hydrogen-bond acceptors (Lipinski definition) is 4. The van der Waals surface area contributed by atoms with Crippen LogP contribution in [0.2, 0.25) is 0 Å². The van der Waals surface area contributed by atoms with Crippen LogP contribution in [0.4, 0.5) is 4.79 Å². The van der Waals surface area contributed by atoms with Crippen LogP contribution in [0.1, 0.15) is 27.2 Å². The number of nitrogens with two attached hydrogens (primary N) is 1. The van der Waals surface area contributed by atoms with Crippen molar-refractivity contribution in [1.82, 2.24) is 5.32 Å². The third kappa shape index (κ3) is 7.75. The Hall–Kier alpha value is -1.30. The number of carbonyl (C=O) groups is 2.